The minimum atomic E-state index is -0.186. The van der Waals surface area contributed by atoms with Crippen LogP contribution < -0.4 is 0 Å². The average Bonchev–Trinajstić information content (AvgIpc) is 3.20. The van der Waals surface area contributed by atoms with Gasteiger partial charge in [-0.05, 0) is 38.1 Å². The lowest BCUT2D eigenvalue weighted by molar-refractivity contribution is 0.0994. The zero-order valence-electron chi connectivity index (χ0n) is 14.9. The SMILES string of the molecule is Cc1ccc(C(=O)[C@H](C)Sc2nnc(Cc3cccs3)n2C2CC2)cc1. The summed E-state index contributed by atoms with van der Waals surface area (Å²) >= 11 is 3.27. The van der Waals surface area contributed by atoms with Gasteiger partial charge in [-0.1, -0.05) is 47.7 Å². The number of aryl methyl sites for hydroxylation is 1. The quantitative estimate of drug-likeness (QED) is 0.428. The number of ketones is 1. The van der Waals surface area contributed by atoms with E-state index in [0.717, 1.165) is 28.5 Å². The van der Waals surface area contributed by atoms with Crippen LogP contribution in [0.25, 0.3) is 0 Å². The van der Waals surface area contributed by atoms with Gasteiger partial charge in [0.15, 0.2) is 10.9 Å². The number of thiophene rings is 1. The normalized spacial score (nSPS) is 15.2. The number of aromatic nitrogens is 3. The molecule has 0 N–H and O–H groups in total. The Morgan fingerprint density at radius 2 is 2.04 bits per heavy atom. The van der Waals surface area contributed by atoms with Crippen LogP contribution in [0.15, 0.2) is 46.9 Å². The predicted octanol–water partition coefficient (Wildman–Crippen LogP) is 4.94. The number of rotatable bonds is 7. The molecule has 2 heterocycles. The van der Waals surface area contributed by atoms with Gasteiger partial charge in [0.25, 0.3) is 0 Å². The molecule has 1 aliphatic rings. The van der Waals surface area contributed by atoms with Crippen molar-refractivity contribution >= 4 is 28.9 Å². The van der Waals surface area contributed by atoms with E-state index in [1.807, 2.05) is 38.1 Å². The molecule has 0 spiro atoms. The van der Waals surface area contributed by atoms with Crippen molar-refractivity contribution in [1.29, 1.82) is 0 Å². The van der Waals surface area contributed by atoms with Crippen LogP contribution in [0.3, 0.4) is 0 Å². The molecular formula is C20H21N3OS2. The Hall–Kier alpha value is -1.92. The Morgan fingerprint density at radius 3 is 2.69 bits per heavy atom. The van der Waals surface area contributed by atoms with Crippen molar-refractivity contribution in [2.75, 3.05) is 0 Å². The lowest BCUT2D eigenvalue weighted by Crippen LogP contribution is -2.15. The Morgan fingerprint density at radius 1 is 1.27 bits per heavy atom. The number of nitrogens with zero attached hydrogens (tertiary/aromatic N) is 3. The predicted molar refractivity (Wildman–Crippen MR) is 106 cm³/mol. The summed E-state index contributed by atoms with van der Waals surface area (Å²) in [5.74, 6) is 1.15. The molecule has 0 unspecified atom stereocenters. The molecular weight excluding hydrogens is 362 g/mol. The second kappa shape index (κ2) is 7.37. The van der Waals surface area contributed by atoms with E-state index < -0.39 is 0 Å². The van der Waals surface area contributed by atoms with Crippen LogP contribution in [0.4, 0.5) is 0 Å². The smallest absolute Gasteiger partial charge is 0.192 e. The summed E-state index contributed by atoms with van der Waals surface area (Å²) in [5.41, 5.74) is 1.92. The minimum Gasteiger partial charge on any atom is -0.303 e. The van der Waals surface area contributed by atoms with E-state index in [9.17, 15) is 4.79 Å². The molecule has 1 aromatic carbocycles. The molecule has 0 aliphatic heterocycles. The zero-order chi connectivity index (χ0) is 18.1. The second-order valence-electron chi connectivity index (χ2n) is 6.75. The van der Waals surface area contributed by atoms with Crippen molar-refractivity contribution < 1.29 is 4.79 Å². The molecule has 0 bridgehead atoms. The standard InChI is InChI=1S/C20H21N3OS2/c1-13-5-7-15(8-6-13)19(24)14(2)26-20-22-21-18(23(20)16-9-10-16)12-17-4-3-11-25-17/h3-8,11,14,16H,9-10,12H2,1-2H3/t14-/m0/s1. The highest BCUT2D eigenvalue weighted by Gasteiger charge is 2.31. The molecule has 134 valence electrons. The third-order valence-corrected chi connectivity index (χ3v) is 6.48. The molecule has 0 amide bonds. The first kappa shape index (κ1) is 17.5. The maximum Gasteiger partial charge on any atom is 0.192 e. The van der Waals surface area contributed by atoms with Crippen LogP contribution in [0, 0.1) is 6.92 Å². The summed E-state index contributed by atoms with van der Waals surface area (Å²) in [4.78, 5) is 14.0. The van der Waals surface area contributed by atoms with E-state index in [0.29, 0.717) is 6.04 Å². The van der Waals surface area contributed by atoms with Crippen molar-refractivity contribution in [1.82, 2.24) is 14.8 Å². The number of hydrogen-bond donors (Lipinski definition) is 0. The van der Waals surface area contributed by atoms with E-state index in [1.54, 1.807) is 11.3 Å². The molecule has 2 aromatic heterocycles. The van der Waals surface area contributed by atoms with Gasteiger partial charge >= 0.3 is 0 Å². The average molecular weight is 384 g/mol. The van der Waals surface area contributed by atoms with E-state index in [4.69, 9.17) is 0 Å². The van der Waals surface area contributed by atoms with Gasteiger partial charge in [0, 0.05) is 22.9 Å². The number of carbonyl (C=O) groups is 1. The maximum absolute atomic E-state index is 12.7. The summed E-state index contributed by atoms with van der Waals surface area (Å²) in [7, 11) is 0. The zero-order valence-corrected chi connectivity index (χ0v) is 16.5. The Balaban J connectivity index is 1.53. The van der Waals surface area contributed by atoms with Gasteiger partial charge in [-0.3, -0.25) is 4.79 Å². The maximum atomic E-state index is 12.7. The molecule has 1 saturated carbocycles. The minimum absolute atomic E-state index is 0.139. The molecule has 0 saturated heterocycles. The third-order valence-electron chi connectivity index (χ3n) is 4.55. The number of carbonyl (C=O) groups excluding carboxylic acids is 1. The fraction of sp³-hybridized carbons (Fsp3) is 0.350. The van der Waals surface area contributed by atoms with E-state index in [-0.39, 0.29) is 11.0 Å². The van der Waals surface area contributed by atoms with Crippen molar-refractivity contribution in [3.63, 3.8) is 0 Å². The largest absolute Gasteiger partial charge is 0.303 e. The summed E-state index contributed by atoms with van der Waals surface area (Å²) in [6.07, 6.45) is 3.15. The van der Waals surface area contributed by atoms with Crippen molar-refractivity contribution in [2.24, 2.45) is 0 Å². The van der Waals surface area contributed by atoms with Crippen molar-refractivity contribution in [3.05, 3.63) is 63.6 Å². The number of thioether (sulfide) groups is 1. The van der Waals surface area contributed by atoms with Gasteiger partial charge in [0.1, 0.15) is 5.82 Å². The second-order valence-corrected chi connectivity index (χ2v) is 9.09. The van der Waals surface area contributed by atoms with Crippen LogP contribution >= 0.6 is 23.1 Å². The topological polar surface area (TPSA) is 47.8 Å². The van der Waals surface area contributed by atoms with Crippen LogP contribution in [0.2, 0.25) is 0 Å². The highest BCUT2D eigenvalue weighted by atomic mass is 32.2. The van der Waals surface area contributed by atoms with Crippen LogP contribution in [-0.4, -0.2) is 25.8 Å². The highest BCUT2D eigenvalue weighted by Crippen LogP contribution is 2.40. The third kappa shape index (κ3) is 3.76. The molecule has 4 rings (SSSR count). The first-order valence-corrected chi connectivity index (χ1v) is 10.6. The summed E-state index contributed by atoms with van der Waals surface area (Å²) in [6, 6.07) is 12.5. The van der Waals surface area contributed by atoms with Gasteiger partial charge in [0.2, 0.25) is 0 Å². The monoisotopic (exact) mass is 383 g/mol. The molecule has 26 heavy (non-hydrogen) atoms. The Kier molecular flexibility index (Phi) is 4.96. The Labute approximate surface area is 161 Å². The molecule has 1 atom stereocenters. The van der Waals surface area contributed by atoms with Crippen molar-refractivity contribution in [3.8, 4) is 0 Å². The highest BCUT2D eigenvalue weighted by molar-refractivity contribution is 8.00. The number of hydrogen-bond acceptors (Lipinski definition) is 5. The molecule has 1 fully saturated rings. The first-order valence-electron chi connectivity index (χ1n) is 8.85. The molecule has 1 aliphatic carbocycles. The van der Waals surface area contributed by atoms with E-state index in [2.05, 4.69) is 32.3 Å². The Bertz CT molecular complexity index is 896. The van der Waals surface area contributed by atoms with Gasteiger partial charge in [-0.25, -0.2) is 0 Å². The molecule has 0 radical (unpaired) electrons. The van der Waals surface area contributed by atoms with E-state index >= 15 is 0 Å². The number of Topliss-reactive ketones (excluding diaryl/α,β-unsaturated/α-hetero) is 1. The summed E-state index contributed by atoms with van der Waals surface area (Å²) in [5, 5.41) is 11.6. The van der Waals surface area contributed by atoms with Crippen LogP contribution in [0.5, 0.6) is 0 Å². The van der Waals surface area contributed by atoms with Gasteiger partial charge in [-0.15, -0.1) is 21.5 Å². The molecule has 3 aromatic rings. The van der Waals surface area contributed by atoms with Crippen molar-refractivity contribution in [2.45, 2.75) is 49.6 Å². The van der Waals surface area contributed by atoms with E-state index in [1.165, 1.54) is 29.5 Å². The molecule has 4 nitrogen and oxygen atoms in total. The summed E-state index contributed by atoms with van der Waals surface area (Å²) < 4.78 is 2.25. The van der Waals surface area contributed by atoms with Crippen LogP contribution in [0.1, 0.15) is 52.4 Å². The first-order chi connectivity index (χ1) is 12.6. The van der Waals surface area contributed by atoms with Gasteiger partial charge in [-0.2, -0.15) is 0 Å². The molecule has 6 heteroatoms. The lowest BCUT2D eigenvalue weighted by atomic mass is 10.1. The van der Waals surface area contributed by atoms with Gasteiger partial charge < -0.3 is 4.57 Å². The number of benzene rings is 1. The fourth-order valence-corrected chi connectivity index (χ4v) is 4.66. The van der Waals surface area contributed by atoms with Crippen LogP contribution in [-0.2, 0) is 6.42 Å². The fourth-order valence-electron chi connectivity index (χ4n) is 2.94. The lowest BCUT2D eigenvalue weighted by Gasteiger charge is -2.12. The summed E-state index contributed by atoms with van der Waals surface area (Å²) in [6.45, 7) is 3.98. The van der Waals surface area contributed by atoms with Gasteiger partial charge in [0.05, 0.1) is 5.25 Å².